The van der Waals surface area contributed by atoms with Crippen molar-refractivity contribution in [3.8, 4) is 23.5 Å². The first kappa shape index (κ1) is 19.7. The summed E-state index contributed by atoms with van der Waals surface area (Å²) >= 11 is 0. The molecule has 1 heterocycles. The Kier molecular flexibility index (Phi) is 5.91. The van der Waals surface area contributed by atoms with Crippen molar-refractivity contribution >= 4 is 5.97 Å². The van der Waals surface area contributed by atoms with Gasteiger partial charge in [-0.05, 0) is 43.7 Å². The Balaban J connectivity index is 2.04. The molecule has 7 nitrogen and oxygen atoms in total. The van der Waals surface area contributed by atoms with Crippen LogP contribution in [0, 0.1) is 29.6 Å². The molecule has 1 aromatic heterocycles. The summed E-state index contributed by atoms with van der Waals surface area (Å²) in [7, 11) is 0. The van der Waals surface area contributed by atoms with Crippen LogP contribution in [0.2, 0.25) is 0 Å². The van der Waals surface area contributed by atoms with Crippen LogP contribution in [0.3, 0.4) is 0 Å². The lowest BCUT2D eigenvalue weighted by atomic mass is 10.1. The highest BCUT2D eigenvalue weighted by Gasteiger charge is 2.24. The fourth-order valence-electron chi connectivity index (χ4n) is 2.85. The van der Waals surface area contributed by atoms with Gasteiger partial charge in [0.1, 0.15) is 6.61 Å². The Bertz CT molecular complexity index is 1140. The molecule has 3 aromatic rings. The van der Waals surface area contributed by atoms with Crippen molar-refractivity contribution in [1.82, 2.24) is 9.71 Å². The average Bonchev–Trinajstić information content (AvgIpc) is 3.08. The van der Waals surface area contributed by atoms with Crippen molar-refractivity contribution < 1.29 is 14.4 Å². The molecule has 0 N–H and O–H groups in total. The number of benzene rings is 2. The third-order valence-corrected chi connectivity index (χ3v) is 4.15. The Labute approximate surface area is 168 Å². The van der Waals surface area contributed by atoms with Gasteiger partial charge in [0.2, 0.25) is 0 Å². The van der Waals surface area contributed by atoms with Crippen LogP contribution in [0.15, 0.2) is 48.5 Å². The summed E-state index contributed by atoms with van der Waals surface area (Å²) in [5.41, 5.74) is 3.01. The van der Waals surface area contributed by atoms with Gasteiger partial charge in [-0.15, -0.1) is 0 Å². The summed E-state index contributed by atoms with van der Waals surface area (Å²) in [5, 5.41) is 18.3. The van der Waals surface area contributed by atoms with Gasteiger partial charge in [0, 0.05) is 5.56 Å². The standard InChI is InChI=1S/C22H18N4O3/c1-3-28-22(27)20-15(2)25-21(19-9-5-7-17(11-19)13-24)26(20)29-14-18-8-4-6-16(10-18)12-23/h4-11H,3,14H2,1-2H3. The molecule has 0 atom stereocenters. The minimum absolute atomic E-state index is 0.114. The molecule has 3 rings (SSSR count). The highest BCUT2D eigenvalue weighted by molar-refractivity contribution is 5.89. The Morgan fingerprint density at radius 3 is 2.48 bits per heavy atom. The van der Waals surface area contributed by atoms with Crippen LogP contribution in [0.1, 0.15) is 39.8 Å². The number of hydrogen-bond donors (Lipinski definition) is 0. The van der Waals surface area contributed by atoms with Gasteiger partial charge in [0.05, 0.1) is 35.6 Å². The number of rotatable bonds is 6. The first-order chi connectivity index (χ1) is 14.1. The molecule has 0 fully saturated rings. The fourth-order valence-corrected chi connectivity index (χ4v) is 2.85. The van der Waals surface area contributed by atoms with Crippen LogP contribution in [-0.4, -0.2) is 22.3 Å². The smallest absolute Gasteiger partial charge is 0.360 e. The number of nitrogens with zero attached hydrogens (tertiary/aromatic N) is 4. The first-order valence-corrected chi connectivity index (χ1v) is 8.96. The van der Waals surface area contributed by atoms with E-state index in [-0.39, 0.29) is 18.9 Å². The lowest BCUT2D eigenvalue weighted by Gasteiger charge is -2.13. The number of imidazole rings is 1. The zero-order valence-electron chi connectivity index (χ0n) is 16.0. The minimum Gasteiger partial charge on any atom is -0.461 e. The van der Waals surface area contributed by atoms with Crippen LogP contribution in [0.25, 0.3) is 11.4 Å². The predicted molar refractivity (Wildman–Crippen MR) is 105 cm³/mol. The Morgan fingerprint density at radius 2 is 1.79 bits per heavy atom. The summed E-state index contributed by atoms with van der Waals surface area (Å²) < 4.78 is 6.49. The normalized spacial score (nSPS) is 10.1. The molecule has 0 saturated heterocycles. The van der Waals surface area contributed by atoms with Gasteiger partial charge >= 0.3 is 5.97 Å². The number of nitriles is 2. The van der Waals surface area contributed by atoms with Crippen molar-refractivity contribution in [1.29, 1.82) is 10.5 Å². The molecule has 0 aliphatic heterocycles. The fraction of sp³-hybridized carbons (Fsp3) is 0.182. The van der Waals surface area contributed by atoms with E-state index in [1.165, 1.54) is 4.73 Å². The summed E-state index contributed by atoms with van der Waals surface area (Å²) in [6, 6.07) is 18.1. The summed E-state index contributed by atoms with van der Waals surface area (Å²) in [5.74, 6) is -0.162. The van der Waals surface area contributed by atoms with Crippen molar-refractivity contribution in [2.45, 2.75) is 20.5 Å². The van der Waals surface area contributed by atoms with Gasteiger partial charge in [0.25, 0.3) is 0 Å². The van der Waals surface area contributed by atoms with E-state index in [0.717, 1.165) is 5.56 Å². The number of carbonyl (C=O) groups is 1. The number of carbonyl (C=O) groups excluding carboxylic acids is 1. The Morgan fingerprint density at radius 1 is 1.10 bits per heavy atom. The molecule has 29 heavy (non-hydrogen) atoms. The van der Waals surface area contributed by atoms with Crippen molar-refractivity contribution in [2.75, 3.05) is 6.61 Å². The number of aromatic nitrogens is 2. The molecular weight excluding hydrogens is 368 g/mol. The molecule has 0 radical (unpaired) electrons. The molecular formula is C22H18N4O3. The third-order valence-electron chi connectivity index (χ3n) is 4.15. The number of esters is 1. The lowest BCUT2D eigenvalue weighted by molar-refractivity contribution is 0.0426. The summed E-state index contributed by atoms with van der Waals surface area (Å²) in [6.07, 6.45) is 0. The molecule has 0 unspecified atom stereocenters. The van der Waals surface area contributed by atoms with E-state index in [2.05, 4.69) is 17.1 Å². The quantitative estimate of drug-likeness (QED) is 0.602. The zero-order valence-corrected chi connectivity index (χ0v) is 16.0. The second-order valence-corrected chi connectivity index (χ2v) is 6.16. The van der Waals surface area contributed by atoms with Crippen molar-refractivity contribution in [3.63, 3.8) is 0 Å². The van der Waals surface area contributed by atoms with Crippen molar-refractivity contribution in [3.05, 3.63) is 76.6 Å². The van der Waals surface area contributed by atoms with Crippen molar-refractivity contribution in [2.24, 2.45) is 0 Å². The molecule has 0 aliphatic rings. The van der Waals surface area contributed by atoms with Gasteiger partial charge in [-0.2, -0.15) is 15.3 Å². The number of aryl methyl sites for hydroxylation is 1. The highest BCUT2D eigenvalue weighted by atomic mass is 16.7. The lowest BCUT2D eigenvalue weighted by Crippen LogP contribution is -2.20. The molecule has 0 bridgehead atoms. The molecule has 0 amide bonds. The van der Waals surface area contributed by atoms with E-state index in [0.29, 0.717) is 28.2 Å². The van der Waals surface area contributed by atoms with Crippen LogP contribution in [0.4, 0.5) is 0 Å². The van der Waals surface area contributed by atoms with E-state index in [4.69, 9.17) is 14.8 Å². The summed E-state index contributed by atoms with van der Waals surface area (Å²) in [6.45, 7) is 3.75. The monoisotopic (exact) mass is 386 g/mol. The van der Waals surface area contributed by atoms with Gasteiger partial charge < -0.3 is 9.57 Å². The molecule has 7 heteroatoms. The van der Waals surface area contributed by atoms with Gasteiger partial charge in [-0.3, -0.25) is 0 Å². The maximum atomic E-state index is 12.5. The van der Waals surface area contributed by atoms with E-state index in [9.17, 15) is 10.1 Å². The predicted octanol–water partition coefficient (Wildman–Crippen LogP) is 3.41. The van der Waals surface area contributed by atoms with Crippen LogP contribution < -0.4 is 4.84 Å². The maximum absolute atomic E-state index is 12.5. The molecule has 0 spiro atoms. The van der Waals surface area contributed by atoms with Gasteiger partial charge in [-0.1, -0.05) is 24.3 Å². The second kappa shape index (κ2) is 8.73. The average molecular weight is 386 g/mol. The Hall–Kier alpha value is -4.10. The SMILES string of the molecule is CCOC(=O)c1c(C)nc(-c2cccc(C#N)c2)n1OCc1cccc(C#N)c1. The van der Waals surface area contributed by atoms with E-state index < -0.39 is 5.97 Å². The minimum atomic E-state index is -0.550. The van der Waals surface area contributed by atoms with Gasteiger partial charge in [-0.25, -0.2) is 9.78 Å². The highest BCUT2D eigenvalue weighted by Crippen LogP contribution is 2.23. The van der Waals surface area contributed by atoms with Crippen LogP contribution >= 0.6 is 0 Å². The first-order valence-electron chi connectivity index (χ1n) is 8.96. The number of ether oxygens (including phenoxy) is 1. The zero-order chi connectivity index (χ0) is 20.8. The largest absolute Gasteiger partial charge is 0.461 e. The van der Waals surface area contributed by atoms with Crippen LogP contribution in [-0.2, 0) is 11.3 Å². The van der Waals surface area contributed by atoms with E-state index in [1.54, 1.807) is 56.3 Å². The molecule has 0 saturated carbocycles. The topological polar surface area (TPSA) is 101 Å². The second-order valence-electron chi connectivity index (χ2n) is 6.16. The van der Waals surface area contributed by atoms with E-state index in [1.807, 2.05) is 6.07 Å². The maximum Gasteiger partial charge on any atom is 0.360 e. The molecule has 2 aromatic carbocycles. The summed E-state index contributed by atoms with van der Waals surface area (Å²) in [4.78, 5) is 22.9. The van der Waals surface area contributed by atoms with Gasteiger partial charge in [0.15, 0.2) is 11.5 Å². The third kappa shape index (κ3) is 4.26. The van der Waals surface area contributed by atoms with Crippen LogP contribution in [0.5, 0.6) is 0 Å². The van der Waals surface area contributed by atoms with E-state index >= 15 is 0 Å². The molecule has 0 aliphatic carbocycles. The molecule has 144 valence electrons. The number of hydrogen-bond acceptors (Lipinski definition) is 6.